The number of anilines is 1. The average molecular weight is 288 g/mol. The summed E-state index contributed by atoms with van der Waals surface area (Å²) in [7, 11) is 0. The van der Waals surface area contributed by atoms with Crippen LogP contribution in [-0.4, -0.2) is 43.1 Å². The van der Waals surface area contributed by atoms with E-state index in [9.17, 15) is 4.79 Å². The maximum Gasteiger partial charge on any atom is 0.224 e. The smallest absolute Gasteiger partial charge is 0.224 e. The second-order valence-electron chi connectivity index (χ2n) is 5.99. The fraction of sp³-hybridized carbons (Fsp3) is 0.625. The van der Waals surface area contributed by atoms with Crippen molar-refractivity contribution in [3.05, 3.63) is 23.9 Å². The van der Waals surface area contributed by atoms with Crippen LogP contribution >= 0.6 is 0 Å². The molecule has 2 aliphatic rings. The first-order valence-corrected chi connectivity index (χ1v) is 8.01. The molecule has 0 atom stereocenters. The highest BCUT2D eigenvalue weighted by molar-refractivity contribution is 5.78. The Bertz CT molecular complexity index is 462. The van der Waals surface area contributed by atoms with Crippen LogP contribution in [0.1, 0.15) is 31.2 Å². The number of carbonyl (C=O) groups excluding carboxylic acids is 1. The summed E-state index contributed by atoms with van der Waals surface area (Å²) in [6.07, 6.45) is 6.83. The first-order valence-electron chi connectivity index (χ1n) is 8.01. The Labute approximate surface area is 126 Å². The van der Waals surface area contributed by atoms with Crippen LogP contribution in [0.5, 0.6) is 0 Å². The molecule has 5 heteroatoms. The van der Waals surface area contributed by atoms with E-state index < -0.39 is 0 Å². The normalized spacial score (nSPS) is 19.7. The summed E-state index contributed by atoms with van der Waals surface area (Å²) in [6.45, 7) is 4.19. The summed E-state index contributed by atoms with van der Waals surface area (Å²) >= 11 is 0. The van der Waals surface area contributed by atoms with E-state index in [1.54, 1.807) is 0 Å². The molecule has 1 aromatic heterocycles. The molecular weight excluding hydrogens is 264 g/mol. The molecule has 2 fully saturated rings. The molecule has 21 heavy (non-hydrogen) atoms. The van der Waals surface area contributed by atoms with E-state index in [1.165, 1.54) is 12.8 Å². The summed E-state index contributed by atoms with van der Waals surface area (Å²) in [6, 6.07) is 4.40. The average Bonchev–Trinajstić information content (AvgIpc) is 3.03. The molecule has 5 nitrogen and oxygen atoms in total. The number of hydrogen-bond donors (Lipinski definition) is 2. The number of aromatic nitrogens is 1. The van der Waals surface area contributed by atoms with Gasteiger partial charge in [0.2, 0.25) is 5.91 Å². The number of piperidine rings is 1. The molecule has 1 aromatic rings. The van der Waals surface area contributed by atoms with E-state index in [0.717, 1.165) is 50.4 Å². The Hall–Kier alpha value is -1.62. The van der Waals surface area contributed by atoms with Gasteiger partial charge in [0.1, 0.15) is 5.82 Å². The molecule has 114 valence electrons. The van der Waals surface area contributed by atoms with Crippen molar-refractivity contribution in [1.82, 2.24) is 15.6 Å². The molecule has 0 bridgehead atoms. The number of pyridine rings is 1. The molecule has 0 unspecified atom stereocenters. The Balaban J connectivity index is 1.50. The van der Waals surface area contributed by atoms with Gasteiger partial charge in [-0.3, -0.25) is 4.79 Å². The highest BCUT2D eigenvalue weighted by Gasteiger charge is 2.16. The van der Waals surface area contributed by atoms with Crippen LogP contribution in [0.25, 0.3) is 0 Å². The molecule has 0 saturated carbocycles. The van der Waals surface area contributed by atoms with Crippen LogP contribution in [0.3, 0.4) is 0 Å². The third-order valence-electron chi connectivity index (χ3n) is 4.31. The molecule has 0 aliphatic carbocycles. The van der Waals surface area contributed by atoms with Gasteiger partial charge < -0.3 is 15.5 Å². The van der Waals surface area contributed by atoms with Crippen LogP contribution in [0.2, 0.25) is 0 Å². The van der Waals surface area contributed by atoms with Gasteiger partial charge in [0.25, 0.3) is 0 Å². The zero-order chi connectivity index (χ0) is 14.5. The number of carbonyl (C=O) groups is 1. The minimum atomic E-state index is 0.109. The van der Waals surface area contributed by atoms with E-state index in [4.69, 9.17) is 0 Å². The van der Waals surface area contributed by atoms with Crippen LogP contribution in [0.4, 0.5) is 5.82 Å². The van der Waals surface area contributed by atoms with Gasteiger partial charge in [0.05, 0.1) is 6.42 Å². The van der Waals surface area contributed by atoms with Gasteiger partial charge in [0.15, 0.2) is 0 Å². The third-order valence-corrected chi connectivity index (χ3v) is 4.31. The van der Waals surface area contributed by atoms with E-state index in [2.05, 4.69) is 20.5 Å². The van der Waals surface area contributed by atoms with Crippen molar-refractivity contribution in [3.8, 4) is 0 Å². The maximum absolute atomic E-state index is 12.1. The predicted molar refractivity (Wildman–Crippen MR) is 83.4 cm³/mol. The molecule has 0 radical (unpaired) electrons. The zero-order valence-corrected chi connectivity index (χ0v) is 12.5. The van der Waals surface area contributed by atoms with Crippen molar-refractivity contribution in [2.24, 2.45) is 0 Å². The Morgan fingerprint density at radius 2 is 2.05 bits per heavy atom. The second kappa shape index (κ2) is 6.89. The molecule has 1 amide bonds. The zero-order valence-electron chi connectivity index (χ0n) is 12.5. The standard InChI is InChI=1S/C16H24N4O/c21-16(19-14-5-7-17-8-6-14)11-13-3-4-15(18-12-13)20-9-1-2-10-20/h3-4,12,14,17H,1-2,5-11H2,(H,19,21). The van der Waals surface area contributed by atoms with Gasteiger partial charge in [0, 0.05) is 25.3 Å². The predicted octanol–water partition coefficient (Wildman–Crippen LogP) is 1.09. The van der Waals surface area contributed by atoms with Gasteiger partial charge in [-0.2, -0.15) is 0 Å². The molecule has 0 aromatic carbocycles. The van der Waals surface area contributed by atoms with Crippen molar-refractivity contribution in [3.63, 3.8) is 0 Å². The second-order valence-corrected chi connectivity index (χ2v) is 5.99. The van der Waals surface area contributed by atoms with Gasteiger partial charge in [-0.05, 0) is 50.4 Å². The highest BCUT2D eigenvalue weighted by Crippen LogP contribution is 2.17. The lowest BCUT2D eigenvalue weighted by Gasteiger charge is -2.23. The molecule has 2 aliphatic heterocycles. The summed E-state index contributed by atoms with van der Waals surface area (Å²) in [4.78, 5) is 18.9. The minimum Gasteiger partial charge on any atom is -0.357 e. The minimum absolute atomic E-state index is 0.109. The van der Waals surface area contributed by atoms with Crippen LogP contribution in [0.15, 0.2) is 18.3 Å². The Morgan fingerprint density at radius 3 is 2.71 bits per heavy atom. The van der Waals surface area contributed by atoms with Crippen LogP contribution in [-0.2, 0) is 11.2 Å². The number of hydrogen-bond acceptors (Lipinski definition) is 4. The van der Waals surface area contributed by atoms with Crippen molar-refractivity contribution < 1.29 is 4.79 Å². The monoisotopic (exact) mass is 288 g/mol. The van der Waals surface area contributed by atoms with E-state index >= 15 is 0 Å². The molecule has 3 rings (SSSR count). The van der Waals surface area contributed by atoms with Gasteiger partial charge in [-0.15, -0.1) is 0 Å². The lowest BCUT2D eigenvalue weighted by atomic mass is 10.1. The van der Waals surface area contributed by atoms with Crippen molar-refractivity contribution in [2.75, 3.05) is 31.1 Å². The maximum atomic E-state index is 12.1. The van der Waals surface area contributed by atoms with Crippen LogP contribution < -0.4 is 15.5 Å². The first kappa shape index (κ1) is 14.3. The molecule has 2 N–H and O–H groups in total. The molecule has 3 heterocycles. The van der Waals surface area contributed by atoms with Crippen molar-refractivity contribution in [1.29, 1.82) is 0 Å². The topological polar surface area (TPSA) is 57.3 Å². The SMILES string of the molecule is O=C(Cc1ccc(N2CCCC2)nc1)NC1CCNCC1. The molecule has 0 spiro atoms. The summed E-state index contributed by atoms with van der Waals surface area (Å²) in [5.74, 6) is 1.15. The number of amides is 1. The van der Waals surface area contributed by atoms with Gasteiger partial charge in [-0.1, -0.05) is 6.07 Å². The summed E-state index contributed by atoms with van der Waals surface area (Å²) < 4.78 is 0. The van der Waals surface area contributed by atoms with Crippen LogP contribution in [0, 0.1) is 0 Å². The molecular formula is C16H24N4O. The number of nitrogens with zero attached hydrogens (tertiary/aromatic N) is 2. The quantitative estimate of drug-likeness (QED) is 0.871. The number of rotatable bonds is 4. The summed E-state index contributed by atoms with van der Waals surface area (Å²) in [5.41, 5.74) is 0.990. The largest absolute Gasteiger partial charge is 0.357 e. The van der Waals surface area contributed by atoms with Crippen molar-refractivity contribution >= 4 is 11.7 Å². The Morgan fingerprint density at radius 1 is 1.29 bits per heavy atom. The molecule has 2 saturated heterocycles. The first-order chi connectivity index (χ1) is 10.3. The van der Waals surface area contributed by atoms with Crippen molar-refractivity contribution in [2.45, 2.75) is 38.1 Å². The number of nitrogens with one attached hydrogen (secondary N) is 2. The van der Waals surface area contributed by atoms with Gasteiger partial charge in [-0.25, -0.2) is 4.98 Å². The lowest BCUT2D eigenvalue weighted by Crippen LogP contribution is -2.43. The van der Waals surface area contributed by atoms with E-state index in [0.29, 0.717) is 12.5 Å². The Kier molecular flexibility index (Phi) is 4.70. The fourth-order valence-corrected chi connectivity index (χ4v) is 3.08. The van der Waals surface area contributed by atoms with Gasteiger partial charge >= 0.3 is 0 Å². The fourth-order valence-electron chi connectivity index (χ4n) is 3.08. The summed E-state index contributed by atoms with van der Waals surface area (Å²) in [5, 5.41) is 6.42. The van der Waals surface area contributed by atoms with E-state index in [-0.39, 0.29) is 5.91 Å². The highest BCUT2D eigenvalue weighted by atomic mass is 16.1. The third kappa shape index (κ3) is 3.94. The van der Waals surface area contributed by atoms with E-state index in [1.807, 2.05) is 18.3 Å². The lowest BCUT2D eigenvalue weighted by molar-refractivity contribution is -0.121.